The normalized spacial score (nSPS) is 20.1. The summed E-state index contributed by atoms with van der Waals surface area (Å²) in [5.41, 5.74) is 10.7. The van der Waals surface area contributed by atoms with Crippen molar-refractivity contribution < 1.29 is 37.2 Å². The largest absolute Gasteiger partial charge is 0.616 e. The fraction of sp³-hybridized carbons (Fsp3) is 0.400. The second-order valence-electron chi connectivity index (χ2n) is 13.3. The summed E-state index contributed by atoms with van der Waals surface area (Å²) in [5.74, 6) is 4.85. The lowest BCUT2D eigenvalue weighted by atomic mass is 10.1. The van der Waals surface area contributed by atoms with Gasteiger partial charge >= 0.3 is 0 Å². The maximum atomic E-state index is 13.6. The Labute approximate surface area is 320 Å². The average molecular weight is 785 g/mol. The number of hydrogen-bond donors (Lipinski definition) is 0. The molecule has 0 spiro atoms. The Balaban J connectivity index is 1.52. The first kappa shape index (κ1) is 40.5. The summed E-state index contributed by atoms with van der Waals surface area (Å²) in [5, 5.41) is 0. The number of rotatable bonds is 4. The number of hydrogen-bond acceptors (Lipinski definition) is 8. The highest BCUT2D eigenvalue weighted by Gasteiger charge is 2.24. The van der Waals surface area contributed by atoms with Crippen LogP contribution in [0.3, 0.4) is 0 Å². The Morgan fingerprint density at radius 2 is 0.500 bits per heavy atom. The minimum absolute atomic E-state index is 0.273. The number of benzene rings is 4. The monoisotopic (exact) mass is 784 g/mol. The molecule has 0 aromatic heterocycles. The van der Waals surface area contributed by atoms with Crippen LogP contribution in [0.2, 0.25) is 0 Å². The van der Waals surface area contributed by atoms with Crippen molar-refractivity contribution in [1.29, 1.82) is 0 Å². The van der Waals surface area contributed by atoms with Gasteiger partial charge in [0, 0.05) is 44.5 Å². The van der Waals surface area contributed by atoms with Gasteiger partial charge in [0.15, 0.2) is 0 Å². The molecular weight excluding hydrogens is 737 g/mol. The van der Waals surface area contributed by atoms with Crippen LogP contribution in [0.15, 0.2) is 48.5 Å². The molecule has 8 nitrogen and oxygen atoms in total. The zero-order valence-electron chi connectivity index (χ0n) is 31.2. The Morgan fingerprint density at radius 3 is 0.673 bits per heavy atom. The van der Waals surface area contributed by atoms with Crippen LogP contribution in [0, 0.1) is 27.7 Å². The van der Waals surface area contributed by atoms with E-state index in [0.29, 0.717) is 46.0 Å². The first-order valence-electron chi connectivity index (χ1n) is 16.9. The van der Waals surface area contributed by atoms with E-state index in [1.807, 2.05) is 76.2 Å². The molecule has 10 aliphatic rings. The Kier molecular flexibility index (Phi) is 14.1. The van der Waals surface area contributed by atoms with Crippen molar-refractivity contribution in [3.8, 4) is 23.0 Å². The minimum atomic E-state index is -1.29. The molecule has 0 saturated carbocycles. The molecule has 10 aliphatic heterocycles. The SMILES string of the molecule is COc1cc2c(C)cc1C[S+]([O-])Cc1cc(OC)c(cc1C)C[S+]([O-])Cc1cc(C)c(cc1OC)C[S@@+]([O-])Cc1cc(C)c(cc1OC)C[S@+]([O-])C2. The predicted octanol–water partition coefficient (Wildman–Crippen LogP) is 7.06. The van der Waals surface area contributed by atoms with Crippen molar-refractivity contribution in [3.63, 3.8) is 0 Å². The summed E-state index contributed by atoms with van der Waals surface area (Å²) in [6.07, 6.45) is 0. The molecule has 0 fully saturated rings. The molecule has 0 radical (unpaired) electrons. The third-order valence-corrected chi connectivity index (χ3v) is 14.6. The number of methoxy groups -OCH3 is 4. The molecular formula is C40H48O8S4. The molecule has 4 aromatic rings. The predicted molar refractivity (Wildman–Crippen MR) is 213 cm³/mol. The smallest absolute Gasteiger partial charge is 0.134 e. The molecule has 0 saturated heterocycles. The van der Waals surface area contributed by atoms with Crippen molar-refractivity contribution in [2.24, 2.45) is 0 Å². The van der Waals surface area contributed by atoms with Gasteiger partial charge in [-0.2, -0.15) is 0 Å². The molecule has 52 heavy (non-hydrogen) atoms. The number of ether oxygens (including phenoxy) is 4. The van der Waals surface area contributed by atoms with Crippen LogP contribution < -0.4 is 18.9 Å². The summed E-state index contributed by atoms with van der Waals surface area (Å²) in [6.45, 7) is 7.89. The summed E-state index contributed by atoms with van der Waals surface area (Å²) in [4.78, 5) is 0. The van der Waals surface area contributed by atoms with Gasteiger partial charge in [-0.3, -0.25) is 0 Å². The van der Waals surface area contributed by atoms with Crippen LogP contribution in [0.5, 0.6) is 23.0 Å². The fourth-order valence-electron chi connectivity index (χ4n) is 6.58. The highest BCUT2D eigenvalue weighted by Crippen LogP contribution is 2.34. The maximum absolute atomic E-state index is 13.6. The van der Waals surface area contributed by atoms with E-state index in [4.69, 9.17) is 18.9 Å². The van der Waals surface area contributed by atoms with Crippen molar-refractivity contribution >= 4 is 44.7 Å². The third kappa shape index (κ3) is 9.89. The van der Waals surface area contributed by atoms with Crippen LogP contribution in [0.1, 0.15) is 66.8 Å². The first-order chi connectivity index (χ1) is 24.8. The molecule has 8 bridgehead atoms. The van der Waals surface area contributed by atoms with Crippen molar-refractivity contribution in [3.05, 3.63) is 115 Å². The number of aryl methyl sites for hydroxylation is 4. The van der Waals surface area contributed by atoms with E-state index in [2.05, 4.69) is 0 Å². The zero-order chi connectivity index (χ0) is 37.7. The topological polar surface area (TPSA) is 129 Å². The van der Waals surface area contributed by atoms with E-state index >= 15 is 0 Å². The van der Waals surface area contributed by atoms with Crippen LogP contribution in [-0.4, -0.2) is 46.7 Å². The summed E-state index contributed by atoms with van der Waals surface area (Å²) >= 11 is -5.06. The molecule has 10 heterocycles. The lowest BCUT2D eigenvalue weighted by molar-refractivity contribution is 0.409. The van der Waals surface area contributed by atoms with Gasteiger partial charge < -0.3 is 37.2 Å². The van der Waals surface area contributed by atoms with Crippen molar-refractivity contribution in [2.45, 2.75) is 73.7 Å². The van der Waals surface area contributed by atoms with Gasteiger partial charge in [-0.25, -0.2) is 0 Å². The maximum Gasteiger partial charge on any atom is 0.134 e. The van der Waals surface area contributed by atoms with Gasteiger partial charge in [0.1, 0.15) is 69.0 Å². The van der Waals surface area contributed by atoms with Gasteiger partial charge in [-0.05, 0) is 143 Å². The average Bonchev–Trinajstić information content (AvgIpc) is 3.08. The van der Waals surface area contributed by atoms with Crippen LogP contribution in [-0.2, 0) is 90.7 Å². The Hall–Kier alpha value is -2.68. The van der Waals surface area contributed by atoms with Gasteiger partial charge in [-0.1, -0.05) is 0 Å². The minimum Gasteiger partial charge on any atom is -0.616 e. The molecule has 4 atom stereocenters. The van der Waals surface area contributed by atoms with Gasteiger partial charge in [-0.15, -0.1) is 0 Å². The van der Waals surface area contributed by atoms with Crippen LogP contribution in [0.25, 0.3) is 0 Å². The van der Waals surface area contributed by atoms with Gasteiger partial charge in [0.2, 0.25) is 0 Å². The molecule has 0 aliphatic carbocycles. The molecule has 0 N–H and O–H groups in total. The van der Waals surface area contributed by atoms with Crippen molar-refractivity contribution in [2.75, 3.05) is 28.4 Å². The van der Waals surface area contributed by atoms with E-state index in [1.165, 1.54) is 0 Å². The Morgan fingerprint density at radius 1 is 0.327 bits per heavy atom. The highest BCUT2D eigenvalue weighted by atomic mass is 32.2. The highest BCUT2D eigenvalue weighted by molar-refractivity contribution is 7.90. The molecule has 14 rings (SSSR count). The zero-order valence-corrected chi connectivity index (χ0v) is 34.4. The Bertz CT molecular complexity index is 1750. The second kappa shape index (κ2) is 18.1. The molecule has 4 aromatic carbocycles. The quantitative estimate of drug-likeness (QED) is 0.201. The van der Waals surface area contributed by atoms with E-state index in [0.717, 1.165) is 66.8 Å². The first-order valence-corrected chi connectivity index (χ1v) is 22.8. The van der Waals surface area contributed by atoms with E-state index < -0.39 is 44.7 Å². The van der Waals surface area contributed by atoms with E-state index in [-0.39, 0.29) is 23.0 Å². The molecule has 2 unspecified atom stereocenters. The summed E-state index contributed by atoms with van der Waals surface area (Å²) < 4.78 is 77.3. The van der Waals surface area contributed by atoms with Crippen LogP contribution in [0.4, 0.5) is 0 Å². The molecule has 280 valence electrons. The standard InChI is InChI=1S/C40H48O8S4/c1-25-9-33-21-50(42)19-31-15-39(47-7)35(11-27(31)3)23-52(44)24-36-12-28(4)32(16-40(36)48-8)20-51(43)22-34-10-26(2)30(14-38(34)46-6)18-49(41)17-29(25)13-37(33)45-5/h9-16H,17-24H2,1-8H3/t49-,50+,51?,52?/m0/s1. The fourth-order valence-corrected chi connectivity index (χ4v) is 11.9. The van der Waals surface area contributed by atoms with Gasteiger partial charge in [0.05, 0.1) is 28.4 Å². The van der Waals surface area contributed by atoms with Crippen LogP contribution >= 0.6 is 0 Å². The second-order valence-corrected chi connectivity index (χ2v) is 19.1. The van der Waals surface area contributed by atoms with E-state index in [1.54, 1.807) is 28.4 Å². The lowest BCUT2D eigenvalue weighted by Gasteiger charge is -2.21. The summed E-state index contributed by atoms with van der Waals surface area (Å²) in [6, 6.07) is 15.5. The third-order valence-electron chi connectivity index (χ3n) is 9.49. The molecule has 0 amide bonds. The van der Waals surface area contributed by atoms with Crippen molar-refractivity contribution in [1.82, 2.24) is 0 Å². The lowest BCUT2D eigenvalue weighted by Crippen LogP contribution is -2.14. The summed E-state index contributed by atoms with van der Waals surface area (Å²) in [7, 11) is 6.36. The van der Waals surface area contributed by atoms with Gasteiger partial charge in [0.25, 0.3) is 0 Å². The van der Waals surface area contributed by atoms with E-state index in [9.17, 15) is 18.2 Å². The molecule has 12 heteroatoms.